The fourth-order valence-electron chi connectivity index (χ4n) is 5.86. The van der Waals surface area contributed by atoms with Gasteiger partial charge in [0.15, 0.2) is 0 Å². The Balaban J connectivity index is 1.43. The zero-order valence-corrected chi connectivity index (χ0v) is 32.0. The van der Waals surface area contributed by atoms with Crippen LogP contribution in [0.15, 0.2) is 113 Å². The lowest BCUT2D eigenvalue weighted by Crippen LogP contribution is -2.18. The van der Waals surface area contributed by atoms with Crippen molar-refractivity contribution in [1.82, 2.24) is 0 Å². The Labute approximate surface area is 320 Å². The first kappa shape index (κ1) is 35.6. The standard InChI is InChI=1S/C48H35NO2S2/c1-47(2,3)52-40-23-22-37-19-15-36-18-25-43-44(29-36)49(51)45(46(43)50)42-26-24-41(53-48(4,5)6)31-39(42)21-17-35-12-8-10-33(28-35)14-13-32-9-7-11-34(27-32)16-20-38(37)30-40/h7-12,18,22-31H,1-6H3. The zero-order valence-electron chi connectivity index (χ0n) is 30.4. The van der Waals surface area contributed by atoms with E-state index in [4.69, 9.17) is 0 Å². The van der Waals surface area contributed by atoms with Gasteiger partial charge in [-0.25, -0.2) is 0 Å². The Bertz CT molecular complexity index is 2640. The lowest BCUT2D eigenvalue weighted by molar-refractivity contribution is -0.355. The highest BCUT2D eigenvalue weighted by Gasteiger charge is 2.38. The molecule has 0 aliphatic carbocycles. The van der Waals surface area contributed by atoms with E-state index in [9.17, 15) is 10.0 Å². The molecular formula is C48H35NO2S2. The van der Waals surface area contributed by atoms with E-state index in [0.29, 0.717) is 22.3 Å². The molecule has 53 heavy (non-hydrogen) atoms. The summed E-state index contributed by atoms with van der Waals surface area (Å²) in [6.07, 6.45) is 0. The van der Waals surface area contributed by atoms with E-state index in [-0.39, 0.29) is 26.7 Å². The van der Waals surface area contributed by atoms with E-state index in [2.05, 4.69) is 101 Å². The molecule has 0 saturated heterocycles. The second-order valence-corrected chi connectivity index (χ2v) is 18.5. The Morgan fingerprint density at radius 2 is 0.943 bits per heavy atom. The van der Waals surface area contributed by atoms with Gasteiger partial charge in [-0.1, -0.05) is 101 Å². The van der Waals surface area contributed by atoms with Crippen LogP contribution in [0.1, 0.15) is 102 Å². The summed E-state index contributed by atoms with van der Waals surface area (Å²) >= 11 is 3.47. The summed E-state index contributed by atoms with van der Waals surface area (Å²) in [6.45, 7) is 13.0. The molecule has 5 heteroatoms. The Hall–Kier alpha value is -5.82. The van der Waals surface area contributed by atoms with E-state index in [0.717, 1.165) is 47.9 Å². The molecule has 0 radical (unpaired) electrons. The van der Waals surface area contributed by atoms with Crippen molar-refractivity contribution in [2.24, 2.45) is 0 Å². The Kier molecular flexibility index (Phi) is 9.60. The topological polar surface area (TPSA) is 43.1 Å². The number of thioether (sulfide) groups is 2. The lowest BCUT2D eigenvalue weighted by Gasteiger charge is -2.18. The number of rotatable bonds is 2. The summed E-state index contributed by atoms with van der Waals surface area (Å²) in [6, 6.07) is 32.7. The molecule has 0 atom stereocenters. The summed E-state index contributed by atoms with van der Waals surface area (Å²) < 4.78 is 0.703. The molecule has 2 aliphatic heterocycles. The third-order valence-corrected chi connectivity index (χ3v) is 10.3. The third-order valence-electron chi connectivity index (χ3n) is 8.07. The van der Waals surface area contributed by atoms with Crippen molar-refractivity contribution in [2.45, 2.75) is 60.8 Å². The number of nitrogens with zero attached hydrogens (tertiary/aromatic N) is 1. The maximum atomic E-state index is 14.0. The quantitative estimate of drug-likeness (QED) is 0.0788. The van der Waals surface area contributed by atoms with Crippen LogP contribution < -0.4 is 0 Å². The predicted molar refractivity (Wildman–Crippen MR) is 219 cm³/mol. The van der Waals surface area contributed by atoms with E-state index >= 15 is 0 Å². The van der Waals surface area contributed by atoms with Gasteiger partial charge in [0, 0.05) is 69.9 Å². The van der Waals surface area contributed by atoms with Crippen molar-refractivity contribution in [2.75, 3.05) is 0 Å². The highest BCUT2D eigenvalue weighted by atomic mass is 32.2. The van der Waals surface area contributed by atoms with Crippen molar-refractivity contribution in [1.29, 1.82) is 0 Å². The van der Waals surface area contributed by atoms with Gasteiger partial charge in [-0.05, 0) is 84.9 Å². The summed E-state index contributed by atoms with van der Waals surface area (Å²) in [5, 5.41) is 14.0. The molecule has 2 aliphatic rings. The number of hydrogen-bond donors (Lipinski definition) is 0. The van der Waals surface area contributed by atoms with Crippen LogP contribution in [0.5, 0.6) is 0 Å². The molecular weight excluding hydrogens is 687 g/mol. The second kappa shape index (κ2) is 14.3. The number of hydrogen-bond acceptors (Lipinski definition) is 4. The highest BCUT2D eigenvalue weighted by molar-refractivity contribution is 8.00. The first-order chi connectivity index (χ1) is 25.3. The van der Waals surface area contributed by atoms with E-state index in [1.165, 1.54) is 0 Å². The molecule has 0 unspecified atom stereocenters. The molecule has 256 valence electrons. The predicted octanol–water partition coefficient (Wildman–Crippen LogP) is 10.2. The second-order valence-electron chi connectivity index (χ2n) is 14.7. The normalized spacial score (nSPS) is 12.9. The molecule has 0 fully saturated rings. The molecule has 0 aromatic heterocycles. The smallest absolute Gasteiger partial charge is 0.274 e. The number of carbonyl (C=O) groups excluding carboxylic acids is 1. The molecule has 2 heterocycles. The average molecular weight is 722 g/mol. The maximum Gasteiger partial charge on any atom is 0.274 e. The van der Waals surface area contributed by atoms with Gasteiger partial charge in [-0.3, -0.25) is 4.79 Å². The number of carbonyl (C=O) groups is 1. The van der Waals surface area contributed by atoms with Crippen LogP contribution in [0, 0.1) is 52.6 Å². The minimum absolute atomic E-state index is 0.0200. The molecule has 5 aromatic rings. The van der Waals surface area contributed by atoms with Gasteiger partial charge < -0.3 is 5.21 Å². The van der Waals surface area contributed by atoms with Crippen LogP contribution in [0.25, 0.3) is 0 Å². The Morgan fingerprint density at radius 3 is 1.51 bits per heavy atom. The van der Waals surface area contributed by atoms with Crippen molar-refractivity contribution >= 4 is 40.7 Å². The van der Waals surface area contributed by atoms with Crippen molar-refractivity contribution in [3.05, 3.63) is 164 Å². The molecule has 0 spiro atoms. The van der Waals surface area contributed by atoms with Gasteiger partial charge in [0.1, 0.15) is 5.56 Å². The Morgan fingerprint density at radius 1 is 0.491 bits per heavy atom. The van der Waals surface area contributed by atoms with E-state index in [1.807, 2.05) is 72.8 Å². The summed E-state index contributed by atoms with van der Waals surface area (Å²) in [5.74, 6) is 26.0. The van der Waals surface area contributed by atoms with Gasteiger partial charge >= 0.3 is 0 Å². The van der Waals surface area contributed by atoms with Gasteiger partial charge in [-0.2, -0.15) is 4.74 Å². The highest BCUT2D eigenvalue weighted by Crippen LogP contribution is 2.36. The molecule has 0 saturated carbocycles. The number of fused-ring (bicyclic) bond motifs is 8. The fourth-order valence-corrected chi connectivity index (χ4v) is 7.90. The third kappa shape index (κ3) is 8.47. The number of Topliss-reactive ketones (excluding diaryl/α,β-unsaturated/α-hetero) is 1. The van der Waals surface area contributed by atoms with Gasteiger partial charge in [-0.15, -0.1) is 23.5 Å². The van der Waals surface area contributed by atoms with Gasteiger partial charge in [0.25, 0.3) is 11.5 Å². The van der Waals surface area contributed by atoms with Crippen molar-refractivity contribution in [3.8, 4) is 47.4 Å². The van der Waals surface area contributed by atoms with Gasteiger partial charge in [0.05, 0.1) is 5.56 Å². The van der Waals surface area contributed by atoms with E-state index in [1.54, 1.807) is 41.7 Å². The van der Waals surface area contributed by atoms with Crippen LogP contribution in [0.3, 0.4) is 0 Å². The zero-order chi connectivity index (χ0) is 37.3. The van der Waals surface area contributed by atoms with Gasteiger partial charge in [0.2, 0.25) is 5.69 Å². The largest absolute Gasteiger partial charge is 0.618 e. The number of ketones is 1. The molecule has 5 aromatic carbocycles. The first-order valence-corrected chi connectivity index (χ1v) is 18.9. The summed E-state index contributed by atoms with van der Waals surface area (Å²) in [4.78, 5) is 16.0. The molecule has 7 bridgehead atoms. The SMILES string of the molecule is CC(C)(C)Sc1ccc2c(c1)C#Cc1cccc(c1)C#Cc1cccc(c1)C#Cc1cc(SC(C)(C)C)ccc1C1=[N+]([O-])c3cc(ccc3C1=O)C#C2. The molecule has 3 nitrogen and oxygen atoms in total. The monoisotopic (exact) mass is 721 g/mol. The minimum atomic E-state index is -0.340. The van der Waals surface area contributed by atoms with Crippen LogP contribution in [0.4, 0.5) is 5.69 Å². The maximum absolute atomic E-state index is 14.0. The molecule has 0 N–H and O–H groups in total. The number of benzene rings is 5. The van der Waals surface area contributed by atoms with Crippen molar-refractivity contribution in [3.63, 3.8) is 0 Å². The molecule has 0 amide bonds. The van der Waals surface area contributed by atoms with Crippen LogP contribution in [0.2, 0.25) is 0 Å². The summed E-state index contributed by atoms with van der Waals surface area (Å²) in [5.41, 5.74) is 7.22. The van der Waals surface area contributed by atoms with Crippen LogP contribution >= 0.6 is 23.5 Å². The van der Waals surface area contributed by atoms with Crippen LogP contribution in [-0.4, -0.2) is 25.7 Å². The average Bonchev–Trinajstić information content (AvgIpc) is 3.35. The lowest BCUT2D eigenvalue weighted by atomic mass is 9.97. The summed E-state index contributed by atoms with van der Waals surface area (Å²) in [7, 11) is 0. The molecule has 7 rings (SSSR count). The fraction of sp³-hybridized carbons (Fsp3) is 0.167. The minimum Gasteiger partial charge on any atom is -0.618 e. The van der Waals surface area contributed by atoms with Crippen molar-refractivity contribution < 1.29 is 9.53 Å². The van der Waals surface area contributed by atoms with E-state index < -0.39 is 0 Å². The first-order valence-electron chi connectivity index (χ1n) is 17.3. The van der Waals surface area contributed by atoms with Crippen LogP contribution in [-0.2, 0) is 0 Å².